The summed E-state index contributed by atoms with van der Waals surface area (Å²) in [7, 11) is 0. The van der Waals surface area contributed by atoms with Crippen molar-refractivity contribution in [3.05, 3.63) is 77.4 Å². The van der Waals surface area contributed by atoms with Gasteiger partial charge in [-0.25, -0.2) is 0 Å². The molecular formula is C26H28O. The van der Waals surface area contributed by atoms with Crippen molar-refractivity contribution in [2.75, 3.05) is 0 Å². The van der Waals surface area contributed by atoms with Crippen molar-refractivity contribution in [1.82, 2.24) is 0 Å². The highest BCUT2D eigenvalue weighted by molar-refractivity contribution is 5.92. The zero-order valence-electron chi connectivity index (χ0n) is 16.8. The number of rotatable bonds is 3. The highest BCUT2D eigenvalue weighted by Gasteiger charge is 2.15. The molecule has 1 aliphatic rings. The molecule has 0 saturated carbocycles. The van der Waals surface area contributed by atoms with Gasteiger partial charge in [-0.1, -0.05) is 63.2 Å². The maximum atomic E-state index is 11.0. The Morgan fingerprint density at radius 2 is 1.59 bits per heavy atom. The van der Waals surface area contributed by atoms with Crippen LogP contribution >= 0.6 is 0 Å². The Bertz CT molecular complexity index is 994. The molecule has 0 fully saturated rings. The first-order valence-electron chi connectivity index (χ1n) is 9.93. The van der Waals surface area contributed by atoms with E-state index in [1.54, 1.807) is 0 Å². The molecule has 0 aromatic heterocycles. The minimum atomic E-state index is 0.723. The van der Waals surface area contributed by atoms with E-state index in [-0.39, 0.29) is 0 Å². The minimum absolute atomic E-state index is 0.723. The number of aryl methyl sites for hydroxylation is 1. The Morgan fingerprint density at radius 3 is 2.30 bits per heavy atom. The number of carbonyl (C=O) groups excluding carboxylic acids is 1. The van der Waals surface area contributed by atoms with E-state index in [0.717, 1.165) is 23.2 Å². The molecule has 27 heavy (non-hydrogen) atoms. The van der Waals surface area contributed by atoms with Gasteiger partial charge in [-0.3, -0.25) is 4.79 Å². The summed E-state index contributed by atoms with van der Waals surface area (Å²) in [4.78, 5) is 11.0. The summed E-state index contributed by atoms with van der Waals surface area (Å²) in [5, 5.41) is 2.27. The molecule has 138 valence electrons. The van der Waals surface area contributed by atoms with Gasteiger partial charge in [0.05, 0.1) is 0 Å². The number of hydrogen-bond donors (Lipinski definition) is 0. The van der Waals surface area contributed by atoms with Crippen LogP contribution in [0.15, 0.2) is 60.7 Å². The molecule has 0 amide bonds. The van der Waals surface area contributed by atoms with Gasteiger partial charge in [0.25, 0.3) is 0 Å². The van der Waals surface area contributed by atoms with Crippen LogP contribution in [0.5, 0.6) is 0 Å². The lowest BCUT2D eigenvalue weighted by atomic mass is 9.93. The molecule has 0 saturated heterocycles. The second-order valence-electron chi connectivity index (χ2n) is 7.24. The van der Waals surface area contributed by atoms with Crippen molar-refractivity contribution in [3.8, 4) is 11.1 Å². The summed E-state index contributed by atoms with van der Waals surface area (Å²) in [6.07, 6.45) is 5.65. The van der Waals surface area contributed by atoms with E-state index in [1.165, 1.54) is 46.1 Å². The average Bonchev–Trinajstić information content (AvgIpc) is 3.15. The van der Waals surface area contributed by atoms with Crippen LogP contribution in [0.1, 0.15) is 55.1 Å². The van der Waals surface area contributed by atoms with Gasteiger partial charge >= 0.3 is 0 Å². The minimum Gasteiger partial charge on any atom is -0.298 e. The molecule has 0 heterocycles. The Hall–Kier alpha value is -2.67. The number of allylic oxidation sites excluding steroid dienone is 2. The largest absolute Gasteiger partial charge is 0.298 e. The molecule has 3 aromatic carbocycles. The zero-order chi connectivity index (χ0) is 19.4. The topological polar surface area (TPSA) is 17.1 Å². The van der Waals surface area contributed by atoms with Crippen molar-refractivity contribution >= 4 is 22.6 Å². The zero-order valence-corrected chi connectivity index (χ0v) is 16.8. The van der Waals surface area contributed by atoms with Crippen LogP contribution in [0, 0.1) is 12.8 Å². The van der Waals surface area contributed by atoms with Crippen molar-refractivity contribution in [2.24, 2.45) is 5.92 Å². The summed E-state index contributed by atoms with van der Waals surface area (Å²) >= 11 is 0. The highest BCUT2D eigenvalue weighted by atomic mass is 16.1. The van der Waals surface area contributed by atoms with Gasteiger partial charge < -0.3 is 0 Å². The van der Waals surface area contributed by atoms with Gasteiger partial charge in [-0.15, -0.1) is 0 Å². The third-order valence-corrected chi connectivity index (χ3v) is 5.25. The molecule has 0 bridgehead atoms. The smallest absolute Gasteiger partial charge is 0.150 e. The lowest BCUT2D eigenvalue weighted by Gasteiger charge is -2.12. The van der Waals surface area contributed by atoms with Crippen LogP contribution in [0.25, 0.3) is 27.5 Å². The fourth-order valence-corrected chi connectivity index (χ4v) is 3.76. The molecule has 3 aromatic rings. The molecule has 4 rings (SSSR count). The van der Waals surface area contributed by atoms with E-state index in [0.29, 0.717) is 0 Å². The van der Waals surface area contributed by atoms with Crippen molar-refractivity contribution in [1.29, 1.82) is 0 Å². The van der Waals surface area contributed by atoms with E-state index in [1.807, 2.05) is 32.0 Å². The predicted molar refractivity (Wildman–Crippen MR) is 117 cm³/mol. The van der Waals surface area contributed by atoms with E-state index in [9.17, 15) is 4.79 Å². The Labute approximate surface area is 162 Å². The summed E-state index contributed by atoms with van der Waals surface area (Å²) in [5.41, 5.74) is 7.36. The maximum absolute atomic E-state index is 11.0. The Kier molecular flexibility index (Phi) is 5.91. The fourth-order valence-electron chi connectivity index (χ4n) is 3.76. The van der Waals surface area contributed by atoms with E-state index < -0.39 is 0 Å². The van der Waals surface area contributed by atoms with E-state index in [4.69, 9.17) is 0 Å². The Morgan fingerprint density at radius 1 is 0.889 bits per heavy atom. The van der Waals surface area contributed by atoms with Crippen LogP contribution in [0.4, 0.5) is 0 Å². The van der Waals surface area contributed by atoms with Crippen molar-refractivity contribution in [2.45, 2.75) is 40.5 Å². The molecule has 0 spiro atoms. The first-order valence-corrected chi connectivity index (χ1v) is 9.93. The van der Waals surface area contributed by atoms with Gasteiger partial charge in [0, 0.05) is 5.56 Å². The standard InChI is InChI=1S/C24H22O.C2H6/c1-16-3-6-19(11-16)22-7-4-17(2)24(14-22)23-10-9-20-12-18(15-25)5-8-21(20)13-23;1-2/h4-10,12-16H,3,11H2,1-2H3;1-2H3. The fraction of sp³-hybridized carbons (Fsp3) is 0.269. The molecule has 1 atom stereocenters. The van der Waals surface area contributed by atoms with Gasteiger partial charge in [-0.05, 0) is 82.5 Å². The van der Waals surface area contributed by atoms with Gasteiger partial charge in [0.15, 0.2) is 0 Å². The number of fused-ring (bicyclic) bond motifs is 1. The second kappa shape index (κ2) is 8.35. The monoisotopic (exact) mass is 356 g/mol. The van der Waals surface area contributed by atoms with Gasteiger partial charge in [-0.2, -0.15) is 0 Å². The summed E-state index contributed by atoms with van der Waals surface area (Å²) in [6.45, 7) is 8.49. The molecule has 1 heteroatoms. The van der Waals surface area contributed by atoms with Crippen LogP contribution in [0.2, 0.25) is 0 Å². The van der Waals surface area contributed by atoms with Crippen molar-refractivity contribution in [3.63, 3.8) is 0 Å². The quantitative estimate of drug-likeness (QED) is 0.445. The number of benzene rings is 3. The van der Waals surface area contributed by atoms with Crippen LogP contribution < -0.4 is 0 Å². The molecule has 1 nitrogen and oxygen atoms in total. The maximum Gasteiger partial charge on any atom is 0.150 e. The van der Waals surface area contributed by atoms with Crippen molar-refractivity contribution < 1.29 is 4.79 Å². The van der Waals surface area contributed by atoms with Crippen LogP contribution in [-0.4, -0.2) is 6.29 Å². The molecule has 0 radical (unpaired) electrons. The highest BCUT2D eigenvalue weighted by Crippen LogP contribution is 2.35. The summed E-state index contributed by atoms with van der Waals surface area (Å²) < 4.78 is 0. The first-order chi connectivity index (χ1) is 13.1. The molecular weight excluding hydrogens is 328 g/mol. The van der Waals surface area contributed by atoms with E-state index >= 15 is 0 Å². The van der Waals surface area contributed by atoms with E-state index in [2.05, 4.69) is 56.3 Å². The van der Waals surface area contributed by atoms with Crippen LogP contribution in [-0.2, 0) is 0 Å². The summed E-state index contributed by atoms with van der Waals surface area (Å²) in [5.74, 6) is 0.757. The number of hydrogen-bond acceptors (Lipinski definition) is 1. The lowest BCUT2D eigenvalue weighted by molar-refractivity contribution is 0.112. The molecule has 1 unspecified atom stereocenters. The first kappa shape index (κ1) is 19.1. The lowest BCUT2D eigenvalue weighted by Crippen LogP contribution is -1.90. The van der Waals surface area contributed by atoms with Gasteiger partial charge in [0.2, 0.25) is 0 Å². The second-order valence-corrected chi connectivity index (χ2v) is 7.24. The SMILES string of the molecule is CC.Cc1ccc(C2=CCC(C)C2)cc1-c1ccc2cc(C=O)ccc2c1. The third-order valence-electron chi connectivity index (χ3n) is 5.25. The number of carbonyl (C=O) groups is 1. The van der Waals surface area contributed by atoms with Gasteiger partial charge in [0.1, 0.15) is 6.29 Å². The Balaban J connectivity index is 0.00000102. The normalized spacial score (nSPS) is 15.9. The molecule has 1 aliphatic carbocycles. The molecule has 0 N–H and O–H groups in total. The summed E-state index contributed by atoms with van der Waals surface area (Å²) in [6, 6.07) is 19.2. The molecule has 0 aliphatic heterocycles. The number of aldehydes is 1. The average molecular weight is 357 g/mol. The predicted octanol–water partition coefficient (Wildman–Crippen LogP) is 7.47. The third kappa shape index (κ3) is 4.03. The van der Waals surface area contributed by atoms with Crippen LogP contribution in [0.3, 0.4) is 0 Å².